The van der Waals surface area contributed by atoms with Crippen molar-refractivity contribution in [2.24, 2.45) is 5.10 Å². The summed E-state index contributed by atoms with van der Waals surface area (Å²) >= 11 is 6.07. The molecule has 0 spiro atoms. The number of hydrogen-bond donors (Lipinski definition) is 1. The first-order valence-electron chi connectivity index (χ1n) is 6.99. The molecule has 2 aromatic rings. The van der Waals surface area contributed by atoms with Crippen molar-refractivity contribution in [1.29, 1.82) is 0 Å². The van der Waals surface area contributed by atoms with Crippen LogP contribution in [-0.4, -0.2) is 19.4 Å². The van der Waals surface area contributed by atoms with Crippen LogP contribution in [0.25, 0.3) is 0 Å². The zero-order chi connectivity index (χ0) is 15.9. The Labute approximate surface area is 135 Å². The first-order valence-corrected chi connectivity index (χ1v) is 7.37. The Morgan fingerprint density at radius 3 is 2.59 bits per heavy atom. The van der Waals surface area contributed by atoms with E-state index in [2.05, 4.69) is 10.5 Å². The van der Waals surface area contributed by atoms with Gasteiger partial charge >= 0.3 is 0 Å². The highest BCUT2D eigenvalue weighted by Crippen LogP contribution is 2.31. The van der Waals surface area contributed by atoms with Gasteiger partial charge in [0.15, 0.2) is 11.5 Å². The van der Waals surface area contributed by atoms with Gasteiger partial charge in [0.25, 0.3) is 0 Å². The number of rotatable bonds is 6. The van der Waals surface area contributed by atoms with Crippen LogP contribution in [0.5, 0.6) is 11.5 Å². The molecule has 22 heavy (non-hydrogen) atoms. The number of benzene rings is 2. The zero-order valence-corrected chi connectivity index (χ0v) is 13.6. The Balaban J connectivity index is 2.21. The van der Waals surface area contributed by atoms with E-state index in [1.54, 1.807) is 19.4 Å². The van der Waals surface area contributed by atoms with Gasteiger partial charge in [0.1, 0.15) is 0 Å². The van der Waals surface area contributed by atoms with E-state index in [1.165, 1.54) is 0 Å². The maximum atomic E-state index is 6.07. The Bertz CT molecular complexity index is 657. The van der Waals surface area contributed by atoms with E-state index in [9.17, 15) is 0 Å². The van der Waals surface area contributed by atoms with Crippen LogP contribution in [0.15, 0.2) is 47.6 Å². The second kappa shape index (κ2) is 7.71. The Morgan fingerprint density at radius 1 is 1.14 bits per heavy atom. The monoisotopic (exact) mass is 318 g/mol. The molecule has 1 N–H and O–H groups in total. The van der Waals surface area contributed by atoms with Gasteiger partial charge in [-0.2, -0.15) is 5.10 Å². The molecule has 116 valence electrons. The highest BCUT2D eigenvalue weighted by atomic mass is 35.5. The van der Waals surface area contributed by atoms with Gasteiger partial charge in [-0.25, -0.2) is 0 Å². The summed E-state index contributed by atoms with van der Waals surface area (Å²) in [4.78, 5) is 0. The van der Waals surface area contributed by atoms with Gasteiger partial charge in [-0.1, -0.05) is 29.8 Å². The molecule has 0 aliphatic rings. The second-order valence-corrected chi connectivity index (χ2v) is 5.30. The predicted molar refractivity (Wildman–Crippen MR) is 91.4 cm³/mol. The maximum absolute atomic E-state index is 6.07. The normalized spacial score (nSPS) is 11.0. The molecule has 0 aliphatic heterocycles. The first-order chi connectivity index (χ1) is 10.6. The molecule has 5 heteroatoms. The number of anilines is 1. The molecule has 0 aromatic heterocycles. The number of halogens is 1. The van der Waals surface area contributed by atoms with Crippen LogP contribution in [0.2, 0.25) is 5.02 Å². The summed E-state index contributed by atoms with van der Waals surface area (Å²) in [5, 5.41) is 4.84. The van der Waals surface area contributed by atoms with Gasteiger partial charge in [0.05, 0.1) is 30.1 Å². The molecule has 0 saturated carbocycles. The van der Waals surface area contributed by atoms with E-state index in [0.717, 1.165) is 11.3 Å². The number of nitrogens with zero attached hydrogens (tertiary/aromatic N) is 1. The highest BCUT2D eigenvalue weighted by Gasteiger charge is 2.10. The van der Waals surface area contributed by atoms with Crippen LogP contribution < -0.4 is 14.9 Å². The highest BCUT2D eigenvalue weighted by molar-refractivity contribution is 6.33. The molecule has 4 nitrogen and oxygen atoms in total. The quantitative estimate of drug-likeness (QED) is 0.626. The molecule has 0 heterocycles. The van der Waals surface area contributed by atoms with Crippen molar-refractivity contribution in [2.75, 3.05) is 12.5 Å². The van der Waals surface area contributed by atoms with Gasteiger partial charge in [0, 0.05) is 5.56 Å². The van der Waals surface area contributed by atoms with E-state index < -0.39 is 0 Å². The molecule has 0 amide bonds. The first kappa shape index (κ1) is 16.2. The number of methoxy groups -OCH3 is 1. The smallest absolute Gasteiger partial charge is 0.170 e. The average Bonchev–Trinajstić information content (AvgIpc) is 2.50. The number of ether oxygens (including phenoxy) is 2. The summed E-state index contributed by atoms with van der Waals surface area (Å²) in [5.41, 5.74) is 4.49. The molecule has 2 aromatic carbocycles. The minimum atomic E-state index is 0.0416. The van der Waals surface area contributed by atoms with E-state index in [4.69, 9.17) is 21.1 Å². The van der Waals surface area contributed by atoms with Crippen molar-refractivity contribution in [3.63, 3.8) is 0 Å². The minimum Gasteiger partial charge on any atom is -0.493 e. The van der Waals surface area contributed by atoms with Gasteiger partial charge in [0.2, 0.25) is 0 Å². The average molecular weight is 319 g/mol. The lowest BCUT2D eigenvalue weighted by atomic mass is 10.2. The molecular formula is C17H19ClN2O2. The fourth-order valence-corrected chi connectivity index (χ4v) is 2.06. The zero-order valence-electron chi connectivity index (χ0n) is 12.8. The maximum Gasteiger partial charge on any atom is 0.170 e. The fraction of sp³-hybridized carbons (Fsp3) is 0.235. The molecule has 0 radical (unpaired) electrons. The van der Waals surface area contributed by atoms with Crippen LogP contribution in [-0.2, 0) is 0 Å². The SMILES string of the molecule is COc1cccc(/C=N\Nc2ccccc2Cl)c1OC(C)C. The van der Waals surface area contributed by atoms with Gasteiger partial charge < -0.3 is 9.47 Å². The summed E-state index contributed by atoms with van der Waals surface area (Å²) < 4.78 is 11.2. The number of nitrogens with one attached hydrogen (secondary N) is 1. The number of para-hydroxylation sites is 2. The standard InChI is InChI=1S/C17H19ClN2O2/c1-12(2)22-17-13(7-6-10-16(17)21-3)11-19-20-15-9-5-4-8-14(15)18/h4-12,20H,1-3H3/b19-11-. The molecular weight excluding hydrogens is 300 g/mol. The summed E-state index contributed by atoms with van der Waals surface area (Å²) in [5.74, 6) is 1.35. The van der Waals surface area contributed by atoms with E-state index in [1.807, 2.05) is 50.2 Å². The predicted octanol–water partition coefficient (Wildman–Crippen LogP) is 4.58. The molecule has 0 atom stereocenters. The van der Waals surface area contributed by atoms with E-state index in [-0.39, 0.29) is 6.10 Å². The van der Waals surface area contributed by atoms with Gasteiger partial charge in [-0.05, 0) is 38.1 Å². The summed E-state index contributed by atoms with van der Waals surface area (Å²) in [7, 11) is 1.62. The van der Waals surface area contributed by atoms with Crippen molar-refractivity contribution in [3.8, 4) is 11.5 Å². The third-order valence-corrected chi connectivity index (χ3v) is 3.17. The lowest BCUT2D eigenvalue weighted by Gasteiger charge is -2.15. The molecule has 0 fully saturated rings. The van der Waals surface area contributed by atoms with Crippen molar-refractivity contribution >= 4 is 23.5 Å². The minimum absolute atomic E-state index is 0.0416. The summed E-state index contributed by atoms with van der Waals surface area (Å²) in [6.45, 7) is 3.94. The van der Waals surface area contributed by atoms with Gasteiger partial charge in [-0.3, -0.25) is 5.43 Å². The van der Waals surface area contributed by atoms with E-state index in [0.29, 0.717) is 16.5 Å². The Kier molecular flexibility index (Phi) is 5.67. The Hall–Kier alpha value is -2.20. The summed E-state index contributed by atoms with van der Waals surface area (Å²) in [6, 6.07) is 13.1. The molecule has 0 aliphatic carbocycles. The third kappa shape index (κ3) is 4.15. The van der Waals surface area contributed by atoms with Gasteiger partial charge in [-0.15, -0.1) is 0 Å². The van der Waals surface area contributed by atoms with Crippen molar-refractivity contribution in [1.82, 2.24) is 0 Å². The lowest BCUT2D eigenvalue weighted by molar-refractivity contribution is 0.230. The lowest BCUT2D eigenvalue weighted by Crippen LogP contribution is -2.09. The fourth-order valence-electron chi connectivity index (χ4n) is 1.88. The molecule has 0 unspecified atom stereocenters. The third-order valence-electron chi connectivity index (χ3n) is 2.85. The second-order valence-electron chi connectivity index (χ2n) is 4.90. The van der Waals surface area contributed by atoms with E-state index >= 15 is 0 Å². The summed E-state index contributed by atoms with van der Waals surface area (Å²) in [6.07, 6.45) is 1.73. The van der Waals surface area contributed by atoms with Crippen LogP contribution in [0.3, 0.4) is 0 Å². The molecule has 2 rings (SSSR count). The topological polar surface area (TPSA) is 42.8 Å². The van der Waals surface area contributed by atoms with Crippen LogP contribution in [0.1, 0.15) is 19.4 Å². The molecule has 0 bridgehead atoms. The van der Waals surface area contributed by atoms with Crippen LogP contribution in [0.4, 0.5) is 5.69 Å². The van der Waals surface area contributed by atoms with Crippen LogP contribution >= 0.6 is 11.6 Å². The van der Waals surface area contributed by atoms with Crippen molar-refractivity contribution < 1.29 is 9.47 Å². The van der Waals surface area contributed by atoms with Crippen molar-refractivity contribution in [3.05, 3.63) is 53.1 Å². The Morgan fingerprint density at radius 2 is 1.91 bits per heavy atom. The number of hydrogen-bond acceptors (Lipinski definition) is 4. The molecule has 0 saturated heterocycles. The van der Waals surface area contributed by atoms with Crippen molar-refractivity contribution in [2.45, 2.75) is 20.0 Å². The van der Waals surface area contributed by atoms with Crippen LogP contribution in [0, 0.1) is 0 Å². The number of hydrazone groups is 1. The largest absolute Gasteiger partial charge is 0.493 e.